The molecular formula is C19H16N4OS. The van der Waals surface area contributed by atoms with Gasteiger partial charge in [-0.3, -0.25) is 15.1 Å². The van der Waals surface area contributed by atoms with Gasteiger partial charge in [0.05, 0.1) is 10.2 Å². The number of anilines is 1. The number of carbonyl (C=O) groups is 1. The number of thiazole rings is 1. The van der Waals surface area contributed by atoms with Crippen LogP contribution < -0.4 is 5.32 Å². The van der Waals surface area contributed by atoms with Gasteiger partial charge in [0.25, 0.3) is 5.91 Å². The summed E-state index contributed by atoms with van der Waals surface area (Å²) in [5.41, 5.74) is 3.74. The van der Waals surface area contributed by atoms with Gasteiger partial charge in [0.15, 0.2) is 5.13 Å². The van der Waals surface area contributed by atoms with Gasteiger partial charge >= 0.3 is 0 Å². The first-order valence-corrected chi connectivity index (χ1v) is 8.74. The molecule has 25 heavy (non-hydrogen) atoms. The lowest BCUT2D eigenvalue weighted by atomic mass is 10.2. The van der Waals surface area contributed by atoms with E-state index in [2.05, 4.69) is 15.3 Å². The third-order valence-corrected chi connectivity index (χ3v) is 4.94. The van der Waals surface area contributed by atoms with E-state index in [4.69, 9.17) is 0 Å². The van der Waals surface area contributed by atoms with Crippen LogP contribution in [0.25, 0.3) is 10.2 Å². The third-order valence-electron chi connectivity index (χ3n) is 4.01. The lowest BCUT2D eigenvalue weighted by molar-refractivity contribution is 0.101. The molecule has 0 fully saturated rings. The predicted octanol–water partition coefficient (Wildman–Crippen LogP) is 4.10. The first-order chi connectivity index (χ1) is 12.2. The van der Waals surface area contributed by atoms with Crippen LogP contribution in [0.15, 0.2) is 61.1 Å². The summed E-state index contributed by atoms with van der Waals surface area (Å²) in [6.45, 7) is 2.64. The second-order valence-corrected chi connectivity index (χ2v) is 6.80. The summed E-state index contributed by atoms with van der Waals surface area (Å²) in [4.78, 5) is 21.2. The fourth-order valence-corrected chi connectivity index (χ4v) is 3.68. The van der Waals surface area contributed by atoms with E-state index in [-0.39, 0.29) is 5.91 Å². The summed E-state index contributed by atoms with van der Waals surface area (Å²) < 4.78 is 2.99. The summed E-state index contributed by atoms with van der Waals surface area (Å²) in [5, 5.41) is 3.54. The number of benzene rings is 1. The molecule has 124 valence electrons. The van der Waals surface area contributed by atoms with Crippen molar-refractivity contribution in [2.75, 3.05) is 5.32 Å². The summed E-state index contributed by atoms with van der Waals surface area (Å²) in [7, 11) is 0. The minimum Gasteiger partial charge on any atom is -0.339 e. The number of nitrogens with zero attached hydrogens (tertiary/aromatic N) is 3. The van der Waals surface area contributed by atoms with E-state index >= 15 is 0 Å². The van der Waals surface area contributed by atoms with Crippen molar-refractivity contribution in [2.24, 2.45) is 0 Å². The smallest absolute Gasteiger partial charge is 0.274 e. The van der Waals surface area contributed by atoms with Crippen molar-refractivity contribution < 1.29 is 4.79 Å². The summed E-state index contributed by atoms with van der Waals surface area (Å²) >= 11 is 1.49. The average molecular weight is 348 g/mol. The van der Waals surface area contributed by atoms with Crippen LogP contribution in [0.5, 0.6) is 0 Å². The number of para-hydroxylation sites is 1. The first-order valence-electron chi connectivity index (χ1n) is 7.92. The number of rotatable bonds is 4. The molecule has 1 N–H and O–H groups in total. The Kier molecular flexibility index (Phi) is 4.03. The van der Waals surface area contributed by atoms with Gasteiger partial charge in [-0.05, 0) is 48.4 Å². The zero-order chi connectivity index (χ0) is 17.2. The number of fused-ring (bicyclic) bond motifs is 1. The van der Waals surface area contributed by atoms with Crippen molar-refractivity contribution in [1.82, 2.24) is 14.5 Å². The van der Waals surface area contributed by atoms with Gasteiger partial charge in [0.2, 0.25) is 0 Å². The zero-order valence-corrected chi connectivity index (χ0v) is 14.5. The molecule has 0 aliphatic rings. The highest BCUT2D eigenvalue weighted by molar-refractivity contribution is 7.22. The Labute approximate surface area is 149 Å². The molecule has 3 heterocycles. The molecule has 1 amide bonds. The van der Waals surface area contributed by atoms with E-state index in [9.17, 15) is 4.79 Å². The van der Waals surface area contributed by atoms with E-state index in [1.165, 1.54) is 11.3 Å². The maximum atomic E-state index is 12.7. The predicted molar refractivity (Wildman–Crippen MR) is 100 cm³/mol. The molecule has 0 aliphatic carbocycles. The number of hydrogen-bond donors (Lipinski definition) is 1. The third kappa shape index (κ3) is 3.16. The highest BCUT2D eigenvalue weighted by Gasteiger charge is 2.14. The summed E-state index contributed by atoms with van der Waals surface area (Å²) in [5.74, 6) is -0.157. The minimum atomic E-state index is -0.157. The topological polar surface area (TPSA) is 59.8 Å². The van der Waals surface area contributed by atoms with Gasteiger partial charge in [-0.15, -0.1) is 0 Å². The molecule has 0 unspecified atom stereocenters. The van der Waals surface area contributed by atoms with Crippen LogP contribution in [0, 0.1) is 6.92 Å². The number of aromatic nitrogens is 3. The van der Waals surface area contributed by atoms with E-state index in [0.29, 0.717) is 17.4 Å². The molecule has 0 saturated carbocycles. The lowest BCUT2D eigenvalue weighted by Crippen LogP contribution is -2.17. The Balaban J connectivity index is 1.57. The van der Waals surface area contributed by atoms with Crippen LogP contribution in [0.4, 0.5) is 5.13 Å². The second kappa shape index (κ2) is 6.49. The molecule has 1 aromatic carbocycles. The number of pyridine rings is 1. The molecule has 0 radical (unpaired) electrons. The Morgan fingerprint density at radius 2 is 2.00 bits per heavy atom. The van der Waals surface area contributed by atoms with E-state index in [1.54, 1.807) is 12.4 Å². The van der Waals surface area contributed by atoms with Gasteiger partial charge in [-0.25, -0.2) is 4.98 Å². The Hall–Kier alpha value is -2.99. The number of hydrogen-bond acceptors (Lipinski definition) is 4. The highest BCUT2D eigenvalue weighted by Crippen LogP contribution is 2.28. The van der Waals surface area contributed by atoms with Crippen molar-refractivity contribution in [3.05, 3.63) is 77.9 Å². The normalized spacial score (nSPS) is 10.9. The van der Waals surface area contributed by atoms with Gasteiger partial charge in [-0.1, -0.05) is 23.5 Å². The SMILES string of the molecule is Cc1cccc2sc(NC(=O)c3cccn3Cc3ccncc3)nc12. The minimum absolute atomic E-state index is 0.157. The number of carbonyl (C=O) groups excluding carboxylic acids is 1. The maximum Gasteiger partial charge on any atom is 0.274 e. The van der Waals surface area contributed by atoms with E-state index in [1.807, 2.05) is 60.2 Å². The van der Waals surface area contributed by atoms with Crippen LogP contribution in [-0.2, 0) is 6.54 Å². The zero-order valence-electron chi connectivity index (χ0n) is 13.6. The highest BCUT2D eigenvalue weighted by atomic mass is 32.1. The largest absolute Gasteiger partial charge is 0.339 e. The quantitative estimate of drug-likeness (QED) is 0.604. The fourth-order valence-electron chi connectivity index (χ4n) is 2.74. The Morgan fingerprint density at radius 3 is 2.80 bits per heavy atom. The Bertz CT molecular complexity index is 1040. The molecule has 6 heteroatoms. The molecule has 0 spiro atoms. The van der Waals surface area contributed by atoms with Gasteiger partial charge in [0, 0.05) is 25.1 Å². The first kappa shape index (κ1) is 15.5. The van der Waals surface area contributed by atoms with Crippen molar-refractivity contribution in [2.45, 2.75) is 13.5 Å². The molecule has 0 saturated heterocycles. The van der Waals surface area contributed by atoms with Gasteiger partial charge in [0.1, 0.15) is 5.69 Å². The van der Waals surface area contributed by atoms with Crippen molar-refractivity contribution in [3.63, 3.8) is 0 Å². The van der Waals surface area contributed by atoms with Crippen molar-refractivity contribution in [1.29, 1.82) is 0 Å². The maximum absolute atomic E-state index is 12.7. The fraction of sp³-hybridized carbons (Fsp3) is 0.105. The molecule has 3 aromatic heterocycles. The van der Waals surface area contributed by atoms with Gasteiger partial charge < -0.3 is 4.57 Å². The van der Waals surface area contributed by atoms with Crippen molar-refractivity contribution in [3.8, 4) is 0 Å². The van der Waals surface area contributed by atoms with Crippen LogP contribution in [-0.4, -0.2) is 20.4 Å². The molecule has 4 rings (SSSR count). The number of nitrogens with one attached hydrogen (secondary N) is 1. The molecular weight excluding hydrogens is 332 g/mol. The molecule has 4 aromatic rings. The van der Waals surface area contributed by atoms with E-state index < -0.39 is 0 Å². The second-order valence-electron chi connectivity index (χ2n) is 5.77. The van der Waals surface area contributed by atoms with Crippen LogP contribution >= 0.6 is 11.3 Å². The average Bonchev–Trinajstić information content (AvgIpc) is 3.23. The standard InChI is InChI=1S/C19H16N4OS/c1-13-4-2-6-16-17(13)21-19(25-16)22-18(24)15-5-3-11-23(15)12-14-7-9-20-10-8-14/h2-11H,12H2,1H3,(H,21,22,24). The van der Waals surface area contributed by atoms with Crippen molar-refractivity contribution >= 4 is 32.6 Å². The lowest BCUT2D eigenvalue weighted by Gasteiger charge is -2.08. The van der Waals surface area contributed by atoms with Crippen LogP contribution in [0.3, 0.4) is 0 Å². The molecule has 0 aliphatic heterocycles. The number of aryl methyl sites for hydroxylation is 1. The van der Waals surface area contributed by atoms with Crippen LogP contribution in [0.2, 0.25) is 0 Å². The van der Waals surface area contributed by atoms with Crippen LogP contribution in [0.1, 0.15) is 21.6 Å². The molecule has 5 nitrogen and oxygen atoms in total. The molecule has 0 atom stereocenters. The summed E-state index contributed by atoms with van der Waals surface area (Å²) in [6.07, 6.45) is 5.40. The summed E-state index contributed by atoms with van der Waals surface area (Å²) in [6, 6.07) is 13.6. The van der Waals surface area contributed by atoms with E-state index in [0.717, 1.165) is 21.3 Å². The monoisotopic (exact) mass is 348 g/mol. The number of amides is 1. The van der Waals surface area contributed by atoms with Gasteiger partial charge in [-0.2, -0.15) is 0 Å². The Morgan fingerprint density at radius 1 is 1.16 bits per heavy atom. The molecule has 0 bridgehead atoms.